The van der Waals surface area contributed by atoms with E-state index in [2.05, 4.69) is 4.72 Å². The van der Waals surface area contributed by atoms with Gasteiger partial charge in [-0.2, -0.15) is 13.2 Å². The maximum Gasteiger partial charge on any atom is 0.416 e. The van der Waals surface area contributed by atoms with Crippen molar-refractivity contribution >= 4 is 21.7 Å². The minimum atomic E-state index is -4.54. The highest BCUT2D eigenvalue weighted by Crippen LogP contribution is 2.30. The Morgan fingerprint density at radius 1 is 1.04 bits per heavy atom. The van der Waals surface area contributed by atoms with Crippen LogP contribution in [0.2, 0.25) is 0 Å². The van der Waals surface area contributed by atoms with Gasteiger partial charge in [-0.1, -0.05) is 6.92 Å². The molecule has 1 N–H and O–H groups in total. The smallest absolute Gasteiger partial charge is 0.416 e. The van der Waals surface area contributed by atoms with Gasteiger partial charge in [0.05, 0.1) is 22.6 Å². The molecule has 0 fully saturated rings. The molecular weight excluding hydrogens is 371 g/mol. The Morgan fingerprint density at radius 3 is 2.12 bits per heavy atom. The number of alkyl halides is 3. The van der Waals surface area contributed by atoms with Crippen molar-refractivity contribution in [3.63, 3.8) is 0 Å². The number of sulfonamides is 1. The Hall–Kier alpha value is -2.55. The first-order valence-corrected chi connectivity index (χ1v) is 9.09. The Balaban J connectivity index is 2.13. The highest BCUT2D eigenvalue weighted by atomic mass is 32.2. The van der Waals surface area contributed by atoms with Gasteiger partial charge in [0.15, 0.2) is 0 Å². The zero-order valence-electron chi connectivity index (χ0n) is 13.7. The average Bonchev–Trinajstić information content (AvgIpc) is 2.59. The van der Waals surface area contributed by atoms with Gasteiger partial charge in [0.2, 0.25) is 0 Å². The van der Waals surface area contributed by atoms with Gasteiger partial charge in [0.1, 0.15) is 0 Å². The molecule has 2 aromatic carbocycles. The van der Waals surface area contributed by atoms with Crippen LogP contribution in [0, 0.1) is 0 Å². The van der Waals surface area contributed by atoms with Crippen LogP contribution in [0.4, 0.5) is 18.9 Å². The molecule has 9 heteroatoms. The van der Waals surface area contributed by atoms with E-state index in [9.17, 15) is 26.4 Å². The van der Waals surface area contributed by atoms with Crippen molar-refractivity contribution in [2.75, 3.05) is 11.3 Å². The van der Waals surface area contributed by atoms with E-state index in [4.69, 9.17) is 4.74 Å². The molecule has 2 aromatic rings. The third kappa shape index (κ3) is 4.98. The summed E-state index contributed by atoms with van der Waals surface area (Å²) in [4.78, 5) is 11.4. The first-order valence-electron chi connectivity index (χ1n) is 7.61. The van der Waals surface area contributed by atoms with Gasteiger partial charge < -0.3 is 4.74 Å². The second-order valence-corrected chi connectivity index (χ2v) is 7.02. The maximum absolute atomic E-state index is 12.5. The van der Waals surface area contributed by atoms with Gasteiger partial charge in [-0.3, -0.25) is 4.72 Å². The summed E-state index contributed by atoms with van der Waals surface area (Å²) in [5, 5.41) is 0. The number of halogens is 3. The van der Waals surface area contributed by atoms with E-state index < -0.39 is 27.7 Å². The number of ether oxygens (including phenoxy) is 1. The normalized spacial score (nSPS) is 11.8. The number of nitrogens with one attached hydrogen (secondary N) is 1. The molecule has 0 saturated heterocycles. The number of anilines is 1. The van der Waals surface area contributed by atoms with Crippen LogP contribution in [0.25, 0.3) is 0 Å². The molecule has 0 aromatic heterocycles. The molecule has 0 bridgehead atoms. The summed E-state index contributed by atoms with van der Waals surface area (Å²) in [6.45, 7) is 2.13. The summed E-state index contributed by atoms with van der Waals surface area (Å²) in [6, 6.07) is 8.66. The van der Waals surface area contributed by atoms with Gasteiger partial charge in [0.25, 0.3) is 10.0 Å². The SMILES string of the molecule is CCCOC(=O)c1ccc(NS(=O)(=O)c2ccc(C(F)(F)F)cc2)cc1. The lowest BCUT2D eigenvalue weighted by Gasteiger charge is -2.10. The Morgan fingerprint density at radius 2 is 1.62 bits per heavy atom. The second kappa shape index (κ2) is 7.77. The lowest BCUT2D eigenvalue weighted by Crippen LogP contribution is -2.14. The predicted octanol–water partition coefficient (Wildman–Crippen LogP) is 4.07. The summed E-state index contributed by atoms with van der Waals surface area (Å²) in [6.07, 6.45) is -3.87. The van der Waals surface area contributed by atoms with E-state index in [1.165, 1.54) is 24.3 Å². The number of hydrogen-bond acceptors (Lipinski definition) is 4. The molecule has 0 radical (unpaired) electrons. The Labute approximate surface area is 148 Å². The Bertz CT molecular complexity index is 860. The highest BCUT2D eigenvalue weighted by Gasteiger charge is 2.30. The van der Waals surface area contributed by atoms with Crippen LogP contribution >= 0.6 is 0 Å². The summed E-state index contributed by atoms with van der Waals surface area (Å²) < 4.78 is 69.3. The molecule has 0 aliphatic carbocycles. The van der Waals surface area contributed by atoms with Gasteiger partial charge in [-0.05, 0) is 55.0 Å². The molecule has 26 heavy (non-hydrogen) atoms. The molecule has 2 rings (SSSR count). The lowest BCUT2D eigenvalue weighted by molar-refractivity contribution is -0.137. The van der Waals surface area contributed by atoms with E-state index >= 15 is 0 Å². The number of rotatable bonds is 6. The molecule has 0 saturated carbocycles. The lowest BCUT2D eigenvalue weighted by atomic mass is 10.2. The molecular formula is C17H16F3NO4S. The van der Waals surface area contributed by atoms with Gasteiger partial charge in [0, 0.05) is 5.69 Å². The van der Waals surface area contributed by atoms with Gasteiger partial charge in [-0.15, -0.1) is 0 Å². The zero-order chi connectivity index (χ0) is 19.4. The number of carbonyl (C=O) groups is 1. The topological polar surface area (TPSA) is 72.5 Å². The van der Waals surface area contributed by atoms with Crippen LogP contribution < -0.4 is 4.72 Å². The fourth-order valence-electron chi connectivity index (χ4n) is 1.99. The summed E-state index contributed by atoms with van der Waals surface area (Å²) in [5.74, 6) is -0.524. The molecule has 0 aliphatic heterocycles. The molecule has 0 heterocycles. The largest absolute Gasteiger partial charge is 0.462 e. The molecule has 5 nitrogen and oxygen atoms in total. The third-order valence-electron chi connectivity index (χ3n) is 3.30. The number of carbonyl (C=O) groups excluding carboxylic acids is 1. The minimum Gasteiger partial charge on any atom is -0.462 e. The van der Waals surface area contributed by atoms with E-state index in [0.29, 0.717) is 18.6 Å². The highest BCUT2D eigenvalue weighted by molar-refractivity contribution is 7.92. The first kappa shape index (κ1) is 19.8. The summed E-state index contributed by atoms with van der Waals surface area (Å²) in [5.41, 5.74) is -0.515. The van der Waals surface area contributed by atoms with E-state index in [-0.39, 0.29) is 22.8 Å². The fraction of sp³-hybridized carbons (Fsp3) is 0.235. The van der Waals surface area contributed by atoms with Crippen LogP contribution in [-0.4, -0.2) is 21.0 Å². The van der Waals surface area contributed by atoms with Crippen LogP contribution in [0.1, 0.15) is 29.3 Å². The summed E-state index contributed by atoms with van der Waals surface area (Å²) >= 11 is 0. The van der Waals surface area contributed by atoms with Gasteiger partial charge >= 0.3 is 12.1 Å². The van der Waals surface area contributed by atoms with Crippen LogP contribution in [0.5, 0.6) is 0 Å². The van der Waals surface area contributed by atoms with Crippen molar-refractivity contribution in [2.24, 2.45) is 0 Å². The predicted molar refractivity (Wildman–Crippen MR) is 89.3 cm³/mol. The van der Waals surface area contributed by atoms with E-state index in [1.807, 2.05) is 6.92 Å². The number of benzene rings is 2. The monoisotopic (exact) mass is 387 g/mol. The molecule has 0 atom stereocenters. The average molecular weight is 387 g/mol. The number of esters is 1. The van der Waals surface area contributed by atoms with E-state index in [1.54, 1.807) is 0 Å². The third-order valence-corrected chi connectivity index (χ3v) is 4.70. The van der Waals surface area contributed by atoms with E-state index in [0.717, 1.165) is 12.1 Å². The molecule has 0 amide bonds. The van der Waals surface area contributed by atoms with Crippen molar-refractivity contribution in [1.29, 1.82) is 0 Å². The second-order valence-electron chi connectivity index (χ2n) is 5.34. The van der Waals surface area contributed by atoms with Crippen molar-refractivity contribution in [1.82, 2.24) is 0 Å². The van der Waals surface area contributed by atoms with Crippen LogP contribution in [0.3, 0.4) is 0 Å². The van der Waals surface area contributed by atoms with Crippen molar-refractivity contribution < 1.29 is 31.1 Å². The van der Waals surface area contributed by atoms with Gasteiger partial charge in [-0.25, -0.2) is 13.2 Å². The summed E-state index contributed by atoms with van der Waals surface area (Å²) in [7, 11) is -4.06. The first-order chi connectivity index (χ1) is 12.1. The standard InChI is InChI=1S/C17H16F3NO4S/c1-2-11-25-16(22)12-3-7-14(8-4-12)21-26(23,24)15-9-5-13(6-10-15)17(18,19)20/h3-10,21H,2,11H2,1H3. The minimum absolute atomic E-state index is 0.164. The molecule has 140 valence electrons. The maximum atomic E-state index is 12.5. The Kier molecular flexibility index (Phi) is 5.91. The molecule has 0 aliphatic rings. The molecule has 0 spiro atoms. The molecule has 0 unspecified atom stereocenters. The zero-order valence-corrected chi connectivity index (χ0v) is 14.5. The van der Waals surface area contributed by atoms with Crippen LogP contribution in [-0.2, 0) is 20.9 Å². The van der Waals surface area contributed by atoms with Crippen molar-refractivity contribution in [2.45, 2.75) is 24.4 Å². The fourth-order valence-corrected chi connectivity index (χ4v) is 3.05. The van der Waals surface area contributed by atoms with Crippen molar-refractivity contribution in [3.05, 3.63) is 59.7 Å². The quantitative estimate of drug-likeness (QED) is 0.759. The van der Waals surface area contributed by atoms with Crippen LogP contribution in [0.15, 0.2) is 53.4 Å². The number of hydrogen-bond donors (Lipinski definition) is 1. The van der Waals surface area contributed by atoms with Crippen molar-refractivity contribution in [3.8, 4) is 0 Å².